The Morgan fingerprint density at radius 3 is 2.32 bits per heavy atom. The molecule has 2 aromatic rings. The molecule has 0 aliphatic carbocycles. The summed E-state index contributed by atoms with van der Waals surface area (Å²) >= 11 is 1.66. The molecule has 1 amide bonds. The number of hydrogen-bond donors (Lipinski definition) is 1. The molecule has 0 heterocycles. The number of unbranched alkanes of at least 4 members (excludes halogenated alkanes) is 3. The van der Waals surface area contributed by atoms with Crippen molar-refractivity contribution < 1.29 is 9.72 Å². The van der Waals surface area contributed by atoms with E-state index in [9.17, 15) is 14.9 Å². The lowest BCUT2D eigenvalue weighted by atomic mass is 10.0. The molecule has 0 aliphatic heterocycles. The summed E-state index contributed by atoms with van der Waals surface area (Å²) in [7, 11) is 0. The SMILES string of the molecule is CCCCCCNC(=O)/C(=C\c1ccc(SC)cc1)c1ccc([N+](=O)[O-])cc1. The first-order valence-corrected chi connectivity index (χ1v) is 10.7. The van der Waals surface area contributed by atoms with Crippen LogP contribution in [0.5, 0.6) is 0 Å². The van der Waals surface area contributed by atoms with Gasteiger partial charge in [0.2, 0.25) is 0 Å². The van der Waals surface area contributed by atoms with E-state index in [1.54, 1.807) is 23.9 Å². The van der Waals surface area contributed by atoms with Crippen molar-refractivity contribution in [1.29, 1.82) is 0 Å². The van der Waals surface area contributed by atoms with Gasteiger partial charge in [0.25, 0.3) is 11.6 Å². The first kappa shape index (κ1) is 21.7. The second-order valence-corrected chi connectivity index (χ2v) is 7.33. The molecule has 0 radical (unpaired) electrons. The van der Waals surface area contributed by atoms with Gasteiger partial charge in [-0.25, -0.2) is 0 Å². The zero-order valence-electron chi connectivity index (χ0n) is 16.3. The average Bonchev–Trinajstić information content (AvgIpc) is 2.72. The van der Waals surface area contributed by atoms with E-state index in [1.165, 1.54) is 12.1 Å². The fourth-order valence-corrected chi connectivity index (χ4v) is 3.17. The van der Waals surface area contributed by atoms with Gasteiger partial charge in [-0.3, -0.25) is 14.9 Å². The second kappa shape index (κ2) is 11.3. The molecule has 148 valence electrons. The minimum atomic E-state index is -0.442. The molecule has 5 nitrogen and oxygen atoms in total. The molecule has 0 bridgehead atoms. The topological polar surface area (TPSA) is 72.2 Å². The van der Waals surface area contributed by atoms with Crippen molar-refractivity contribution in [3.63, 3.8) is 0 Å². The van der Waals surface area contributed by atoms with Crippen molar-refractivity contribution in [2.24, 2.45) is 0 Å². The van der Waals surface area contributed by atoms with Gasteiger partial charge in [0, 0.05) is 29.1 Å². The molecule has 0 saturated heterocycles. The molecule has 0 atom stereocenters. The molecule has 2 aromatic carbocycles. The maximum Gasteiger partial charge on any atom is 0.269 e. The second-order valence-electron chi connectivity index (χ2n) is 6.45. The van der Waals surface area contributed by atoms with E-state index in [1.807, 2.05) is 36.6 Å². The molecule has 0 spiro atoms. The molecule has 28 heavy (non-hydrogen) atoms. The predicted molar refractivity (Wildman–Crippen MR) is 116 cm³/mol. The van der Waals surface area contributed by atoms with Crippen molar-refractivity contribution in [1.82, 2.24) is 5.32 Å². The van der Waals surface area contributed by atoms with E-state index in [-0.39, 0.29) is 11.6 Å². The van der Waals surface area contributed by atoms with Crippen LogP contribution in [0.25, 0.3) is 11.6 Å². The van der Waals surface area contributed by atoms with Crippen LogP contribution in [0, 0.1) is 10.1 Å². The van der Waals surface area contributed by atoms with Crippen molar-refractivity contribution >= 4 is 35.0 Å². The third-order valence-corrected chi connectivity index (χ3v) is 5.12. The van der Waals surface area contributed by atoms with Crippen molar-refractivity contribution in [3.05, 3.63) is 69.8 Å². The third-order valence-electron chi connectivity index (χ3n) is 4.38. The monoisotopic (exact) mass is 398 g/mol. The van der Waals surface area contributed by atoms with Gasteiger partial charge >= 0.3 is 0 Å². The van der Waals surface area contributed by atoms with Gasteiger partial charge in [0.15, 0.2) is 0 Å². The summed E-state index contributed by atoms with van der Waals surface area (Å²) in [4.78, 5) is 24.4. The van der Waals surface area contributed by atoms with Crippen molar-refractivity contribution in [3.8, 4) is 0 Å². The maximum absolute atomic E-state index is 12.8. The number of nitro groups is 1. The number of benzene rings is 2. The van der Waals surface area contributed by atoms with Crippen molar-refractivity contribution in [2.75, 3.05) is 12.8 Å². The van der Waals surface area contributed by atoms with Gasteiger partial charge in [0.1, 0.15) is 0 Å². The lowest BCUT2D eigenvalue weighted by molar-refractivity contribution is -0.384. The fourth-order valence-electron chi connectivity index (χ4n) is 2.76. The van der Waals surface area contributed by atoms with Gasteiger partial charge in [-0.1, -0.05) is 38.3 Å². The van der Waals surface area contributed by atoms with Crippen LogP contribution in [0.2, 0.25) is 0 Å². The van der Waals surface area contributed by atoms with E-state index in [2.05, 4.69) is 12.2 Å². The largest absolute Gasteiger partial charge is 0.352 e. The summed E-state index contributed by atoms with van der Waals surface area (Å²) in [6.45, 7) is 2.77. The molecular weight excluding hydrogens is 372 g/mol. The van der Waals surface area contributed by atoms with Crippen LogP contribution >= 0.6 is 11.8 Å². The average molecular weight is 399 g/mol. The lowest BCUT2D eigenvalue weighted by Gasteiger charge is -2.10. The molecule has 6 heteroatoms. The molecule has 0 fully saturated rings. The fraction of sp³-hybridized carbons (Fsp3) is 0.318. The summed E-state index contributed by atoms with van der Waals surface area (Å²) < 4.78 is 0. The van der Waals surface area contributed by atoms with Crippen LogP contribution in [0.3, 0.4) is 0 Å². The lowest BCUT2D eigenvalue weighted by Crippen LogP contribution is -2.25. The van der Waals surface area contributed by atoms with Crippen LogP contribution in [-0.2, 0) is 4.79 Å². The highest BCUT2D eigenvalue weighted by Crippen LogP contribution is 2.23. The van der Waals surface area contributed by atoms with E-state index in [0.29, 0.717) is 17.7 Å². The highest BCUT2D eigenvalue weighted by atomic mass is 32.2. The Morgan fingerprint density at radius 1 is 1.07 bits per heavy atom. The van der Waals surface area contributed by atoms with E-state index in [4.69, 9.17) is 0 Å². The first-order valence-electron chi connectivity index (χ1n) is 9.44. The number of non-ortho nitro benzene ring substituents is 1. The molecule has 0 aliphatic rings. The normalized spacial score (nSPS) is 11.3. The standard InChI is InChI=1S/C22H26N2O3S/c1-3-4-5-6-15-23-22(25)21(16-17-7-13-20(28-2)14-8-17)18-9-11-19(12-10-18)24(26)27/h7-14,16H,3-6,15H2,1-2H3,(H,23,25)/b21-16-. The molecule has 2 rings (SSSR count). The molecule has 0 saturated carbocycles. The highest BCUT2D eigenvalue weighted by molar-refractivity contribution is 7.98. The summed E-state index contributed by atoms with van der Waals surface area (Å²) in [6, 6.07) is 14.0. The Morgan fingerprint density at radius 2 is 1.75 bits per heavy atom. The Bertz CT molecular complexity index is 815. The Kier molecular flexibility index (Phi) is 8.75. The molecule has 0 aromatic heterocycles. The minimum Gasteiger partial charge on any atom is -0.352 e. The van der Waals surface area contributed by atoms with Gasteiger partial charge in [-0.2, -0.15) is 0 Å². The number of nitrogens with one attached hydrogen (secondary N) is 1. The maximum atomic E-state index is 12.8. The zero-order chi connectivity index (χ0) is 20.4. The van der Waals surface area contributed by atoms with Crippen LogP contribution in [0.15, 0.2) is 53.4 Å². The highest BCUT2D eigenvalue weighted by Gasteiger charge is 2.14. The number of amides is 1. The number of nitro benzene ring substituents is 1. The molecule has 0 unspecified atom stereocenters. The van der Waals surface area contributed by atoms with Crippen LogP contribution in [0.4, 0.5) is 5.69 Å². The van der Waals surface area contributed by atoms with E-state index < -0.39 is 4.92 Å². The van der Waals surface area contributed by atoms with E-state index in [0.717, 1.165) is 36.1 Å². The first-order chi connectivity index (χ1) is 13.5. The third kappa shape index (κ3) is 6.53. The number of hydrogen-bond acceptors (Lipinski definition) is 4. The zero-order valence-corrected chi connectivity index (χ0v) is 17.1. The van der Waals surface area contributed by atoms with Gasteiger partial charge in [0.05, 0.1) is 4.92 Å². The Hall–Kier alpha value is -2.60. The summed E-state index contributed by atoms with van der Waals surface area (Å²) in [5.41, 5.74) is 2.08. The summed E-state index contributed by atoms with van der Waals surface area (Å²) in [5.74, 6) is -0.167. The van der Waals surface area contributed by atoms with E-state index >= 15 is 0 Å². The van der Waals surface area contributed by atoms with Crippen LogP contribution in [-0.4, -0.2) is 23.6 Å². The molecular formula is C22H26N2O3S. The van der Waals surface area contributed by atoms with Crippen molar-refractivity contribution in [2.45, 2.75) is 37.5 Å². The quantitative estimate of drug-likeness (QED) is 0.142. The van der Waals surface area contributed by atoms with Gasteiger partial charge in [-0.15, -0.1) is 11.8 Å². The summed E-state index contributed by atoms with van der Waals surface area (Å²) in [6.07, 6.45) is 8.17. The number of thioether (sulfide) groups is 1. The van der Waals surface area contributed by atoms with Gasteiger partial charge < -0.3 is 5.32 Å². The number of nitrogens with zero attached hydrogens (tertiary/aromatic N) is 1. The smallest absolute Gasteiger partial charge is 0.269 e. The Balaban J connectivity index is 2.24. The van der Waals surface area contributed by atoms with Crippen LogP contribution in [0.1, 0.15) is 43.7 Å². The predicted octanol–water partition coefficient (Wildman–Crippen LogP) is 5.55. The Labute approximate surface area is 170 Å². The minimum absolute atomic E-state index is 0.00685. The van der Waals surface area contributed by atoms with Gasteiger partial charge in [-0.05, 0) is 54.1 Å². The number of carbonyl (C=O) groups excluding carboxylic acids is 1. The number of rotatable bonds is 10. The number of carbonyl (C=O) groups is 1. The van der Waals surface area contributed by atoms with Crippen LogP contribution < -0.4 is 5.32 Å². The summed E-state index contributed by atoms with van der Waals surface area (Å²) in [5, 5.41) is 13.9. The molecule has 1 N–H and O–H groups in total.